The Morgan fingerprint density at radius 1 is 0.897 bits per heavy atom. The third-order valence-electron chi connectivity index (χ3n) is 4.35. The molecule has 7 nitrogen and oxygen atoms in total. The highest BCUT2D eigenvalue weighted by molar-refractivity contribution is 6.04. The highest BCUT2D eigenvalue weighted by Crippen LogP contribution is 2.32. The number of nitrogens with zero attached hydrogens (tertiary/aromatic N) is 1. The standard InChI is InChI=1S/C22H19N3O4/c26-21(24-14-15-4-2-1-3-5-15)16-8-9-23-18(12-16)22(27)25-17-6-7-19-20(13-17)29-11-10-28-19/h1-9,12-13H,10-11,14H2,(H,24,26)(H,25,27). The van der Waals surface area contributed by atoms with E-state index in [0.29, 0.717) is 42.5 Å². The number of benzene rings is 2. The van der Waals surface area contributed by atoms with E-state index in [9.17, 15) is 9.59 Å². The molecule has 2 N–H and O–H groups in total. The number of hydrogen-bond acceptors (Lipinski definition) is 5. The minimum atomic E-state index is -0.417. The van der Waals surface area contributed by atoms with Crippen LogP contribution in [0.3, 0.4) is 0 Å². The van der Waals surface area contributed by atoms with Crippen LogP contribution in [0.4, 0.5) is 5.69 Å². The van der Waals surface area contributed by atoms with E-state index in [1.807, 2.05) is 30.3 Å². The van der Waals surface area contributed by atoms with Gasteiger partial charge in [-0.15, -0.1) is 0 Å². The van der Waals surface area contributed by atoms with Gasteiger partial charge >= 0.3 is 0 Å². The Balaban J connectivity index is 1.42. The van der Waals surface area contributed by atoms with Gasteiger partial charge in [0.2, 0.25) is 0 Å². The zero-order valence-electron chi connectivity index (χ0n) is 15.6. The number of fused-ring (bicyclic) bond motifs is 1. The monoisotopic (exact) mass is 389 g/mol. The lowest BCUT2D eigenvalue weighted by Gasteiger charge is -2.19. The minimum Gasteiger partial charge on any atom is -0.486 e. The van der Waals surface area contributed by atoms with Crippen LogP contribution in [0.1, 0.15) is 26.4 Å². The molecule has 1 aliphatic rings. The van der Waals surface area contributed by atoms with Crippen molar-refractivity contribution >= 4 is 17.5 Å². The van der Waals surface area contributed by atoms with Gasteiger partial charge in [0.05, 0.1) is 0 Å². The van der Waals surface area contributed by atoms with Crippen LogP contribution < -0.4 is 20.1 Å². The molecule has 2 aromatic carbocycles. The molecular weight excluding hydrogens is 370 g/mol. The van der Waals surface area contributed by atoms with Crippen molar-refractivity contribution in [3.63, 3.8) is 0 Å². The molecule has 4 rings (SSSR count). The number of amides is 2. The summed E-state index contributed by atoms with van der Waals surface area (Å²) in [5.41, 5.74) is 2.06. The second-order valence-electron chi connectivity index (χ2n) is 6.41. The van der Waals surface area contributed by atoms with E-state index in [2.05, 4.69) is 15.6 Å². The molecule has 0 radical (unpaired) electrons. The average molecular weight is 389 g/mol. The number of ether oxygens (including phenoxy) is 2. The summed E-state index contributed by atoms with van der Waals surface area (Å²) in [5, 5.41) is 5.60. The summed E-state index contributed by atoms with van der Waals surface area (Å²) in [7, 11) is 0. The van der Waals surface area contributed by atoms with Crippen LogP contribution in [-0.2, 0) is 6.54 Å². The van der Waals surface area contributed by atoms with Crippen LogP contribution in [0.5, 0.6) is 11.5 Å². The summed E-state index contributed by atoms with van der Waals surface area (Å²) in [5.74, 6) is 0.532. The largest absolute Gasteiger partial charge is 0.486 e. The number of anilines is 1. The van der Waals surface area contributed by atoms with Gasteiger partial charge < -0.3 is 20.1 Å². The molecule has 0 aliphatic carbocycles. The SMILES string of the molecule is O=C(NCc1ccccc1)c1ccnc(C(=O)Nc2ccc3c(c2)OCCO3)c1. The molecule has 0 saturated heterocycles. The normalized spacial score (nSPS) is 12.1. The molecule has 29 heavy (non-hydrogen) atoms. The second kappa shape index (κ2) is 8.43. The predicted molar refractivity (Wildman–Crippen MR) is 107 cm³/mol. The van der Waals surface area contributed by atoms with Gasteiger partial charge in [0.1, 0.15) is 18.9 Å². The zero-order chi connectivity index (χ0) is 20.1. The Hall–Kier alpha value is -3.87. The van der Waals surface area contributed by atoms with Crippen LogP contribution in [0.15, 0.2) is 66.9 Å². The molecule has 0 spiro atoms. The topological polar surface area (TPSA) is 89.6 Å². The van der Waals surface area contributed by atoms with E-state index in [1.165, 1.54) is 12.3 Å². The van der Waals surface area contributed by atoms with Gasteiger partial charge in [-0.05, 0) is 29.8 Å². The van der Waals surface area contributed by atoms with Crippen molar-refractivity contribution in [3.05, 3.63) is 83.7 Å². The predicted octanol–water partition coefficient (Wildman–Crippen LogP) is 3.04. The van der Waals surface area contributed by atoms with Gasteiger partial charge in [-0.2, -0.15) is 0 Å². The Labute approximate surface area is 167 Å². The first-order valence-corrected chi connectivity index (χ1v) is 9.18. The van der Waals surface area contributed by atoms with Crippen molar-refractivity contribution in [1.82, 2.24) is 10.3 Å². The molecule has 2 heterocycles. The summed E-state index contributed by atoms with van der Waals surface area (Å²) in [6.45, 7) is 1.37. The van der Waals surface area contributed by atoms with E-state index in [-0.39, 0.29) is 11.6 Å². The number of carbonyl (C=O) groups is 2. The molecule has 1 aromatic heterocycles. The van der Waals surface area contributed by atoms with Gasteiger partial charge in [-0.1, -0.05) is 30.3 Å². The van der Waals surface area contributed by atoms with Gasteiger partial charge in [0, 0.05) is 30.1 Å². The summed E-state index contributed by atoms with van der Waals surface area (Å²) in [6, 6.07) is 17.8. The lowest BCUT2D eigenvalue weighted by atomic mass is 10.2. The number of carbonyl (C=O) groups excluding carboxylic acids is 2. The summed E-state index contributed by atoms with van der Waals surface area (Å²) in [6.07, 6.45) is 1.44. The molecular formula is C22H19N3O4. The number of rotatable bonds is 5. The number of nitrogens with one attached hydrogen (secondary N) is 2. The third-order valence-corrected chi connectivity index (χ3v) is 4.35. The first-order valence-electron chi connectivity index (χ1n) is 9.18. The van der Waals surface area contributed by atoms with Crippen LogP contribution in [0, 0.1) is 0 Å². The Bertz CT molecular complexity index is 1040. The number of hydrogen-bond donors (Lipinski definition) is 2. The average Bonchev–Trinajstić information content (AvgIpc) is 2.78. The van der Waals surface area contributed by atoms with Crippen LogP contribution in [0.25, 0.3) is 0 Å². The molecule has 146 valence electrons. The lowest BCUT2D eigenvalue weighted by molar-refractivity contribution is 0.0951. The Morgan fingerprint density at radius 3 is 2.52 bits per heavy atom. The first-order chi connectivity index (χ1) is 14.2. The van der Waals surface area contributed by atoms with Crippen LogP contribution >= 0.6 is 0 Å². The summed E-state index contributed by atoms with van der Waals surface area (Å²) < 4.78 is 11.0. The maximum atomic E-state index is 12.6. The highest BCUT2D eigenvalue weighted by Gasteiger charge is 2.15. The molecule has 0 atom stereocenters. The first kappa shape index (κ1) is 18.5. The van der Waals surface area contributed by atoms with Crippen molar-refractivity contribution < 1.29 is 19.1 Å². The Morgan fingerprint density at radius 2 is 1.69 bits per heavy atom. The van der Waals surface area contributed by atoms with Gasteiger partial charge in [-0.3, -0.25) is 14.6 Å². The molecule has 7 heteroatoms. The Kier molecular flexibility index (Phi) is 5.38. The highest BCUT2D eigenvalue weighted by atomic mass is 16.6. The fourth-order valence-corrected chi connectivity index (χ4v) is 2.89. The molecule has 3 aromatic rings. The van der Waals surface area contributed by atoms with Crippen molar-refractivity contribution in [1.29, 1.82) is 0 Å². The molecule has 0 saturated carbocycles. The quantitative estimate of drug-likeness (QED) is 0.700. The summed E-state index contributed by atoms with van der Waals surface area (Å²) in [4.78, 5) is 29.0. The molecule has 1 aliphatic heterocycles. The minimum absolute atomic E-state index is 0.146. The van der Waals surface area contributed by atoms with Crippen molar-refractivity contribution in [2.75, 3.05) is 18.5 Å². The van der Waals surface area contributed by atoms with Crippen molar-refractivity contribution in [2.45, 2.75) is 6.54 Å². The molecule has 0 bridgehead atoms. The second-order valence-corrected chi connectivity index (χ2v) is 6.41. The zero-order valence-corrected chi connectivity index (χ0v) is 15.6. The van der Waals surface area contributed by atoms with Crippen LogP contribution in [-0.4, -0.2) is 30.0 Å². The van der Waals surface area contributed by atoms with Crippen molar-refractivity contribution in [2.24, 2.45) is 0 Å². The van der Waals surface area contributed by atoms with Crippen molar-refractivity contribution in [3.8, 4) is 11.5 Å². The number of aromatic nitrogens is 1. The van der Waals surface area contributed by atoms with E-state index in [0.717, 1.165) is 5.56 Å². The molecule has 0 unspecified atom stereocenters. The summed E-state index contributed by atoms with van der Waals surface area (Å²) >= 11 is 0. The van der Waals surface area contributed by atoms with Crippen LogP contribution in [0.2, 0.25) is 0 Å². The van der Waals surface area contributed by atoms with Gasteiger partial charge in [0.15, 0.2) is 11.5 Å². The smallest absolute Gasteiger partial charge is 0.274 e. The maximum Gasteiger partial charge on any atom is 0.274 e. The third kappa shape index (κ3) is 4.52. The lowest BCUT2D eigenvalue weighted by Crippen LogP contribution is -2.23. The van der Waals surface area contributed by atoms with E-state index >= 15 is 0 Å². The van der Waals surface area contributed by atoms with Gasteiger partial charge in [0.25, 0.3) is 11.8 Å². The fraction of sp³-hybridized carbons (Fsp3) is 0.136. The van der Waals surface area contributed by atoms with E-state index in [1.54, 1.807) is 24.3 Å². The van der Waals surface area contributed by atoms with E-state index < -0.39 is 5.91 Å². The van der Waals surface area contributed by atoms with E-state index in [4.69, 9.17) is 9.47 Å². The molecule has 2 amide bonds. The maximum absolute atomic E-state index is 12.6. The fourth-order valence-electron chi connectivity index (χ4n) is 2.89. The van der Waals surface area contributed by atoms with Gasteiger partial charge in [-0.25, -0.2) is 0 Å². The molecule has 0 fully saturated rings. The number of pyridine rings is 1.